The minimum absolute atomic E-state index is 0.00167. The van der Waals surface area contributed by atoms with Crippen molar-refractivity contribution in [3.63, 3.8) is 0 Å². The minimum atomic E-state index is -0.673. The molecule has 0 radical (unpaired) electrons. The molecule has 0 bridgehead atoms. The van der Waals surface area contributed by atoms with Crippen LogP contribution in [-0.2, 0) is 14.4 Å². The number of carbonyl (C=O) groups is 3. The minimum Gasteiger partial charge on any atom is -0.368 e. The Bertz CT molecular complexity index is 816. The van der Waals surface area contributed by atoms with E-state index in [1.165, 1.54) is 24.6 Å². The quantitative estimate of drug-likeness (QED) is 0.767. The molecule has 3 saturated heterocycles. The van der Waals surface area contributed by atoms with Gasteiger partial charge in [-0.3, -0.25) is 24.2 Å². The number of primary amides is 1. The number of carbonyl (C=O) groups excluding carboxylic acids is 3. The summed E-state index contributed by atoms with van der Waals surface area (Å²) in [5, 5.41) is 0. The number of likely N-dealkylation sites (tertiary alicyclic amines) is 2. The molecule has 1 aromatic rings. The number of hydrogen-bond donors (Lipinski definition) is 1. The Hall–Kier alpha value is -2.32. The second-order valence-corrected chi connectivity index (χ2v) is 8.22. The Balaban J connectivity index is 1.48. The van der Waals surface area contributed by atoms with Crippen molar-refractivity contribution < 1.29 is 18.8 Å². The standard InChI is InChI=1S/C21H27FN4O3/c22-15-6-2-3-7-16(15)26-18(27)14-17(19(26)28)24-12-8-21(9-13-24,20(23)29)25-10-4-1-5-11-25/h2-3,6-7,17H,1,4-5,8-14H2,(H2,23,29). The number of hydrogen-bond acceptors (Lipinski definition) is 5. The van der Waals surface area contributed by atoms with Crippen LogP contribution in [0.1, 0.15) is 38.5 Å². The molecule has 0 aromatic heterocycles. The van der Waals surface area contributed by atoms with Crippen LogP contribution < -0.4 is 10.6 Å². The second kappa shape index (κ2) is 7.84. The zero-order valence-corrected chi connectivity index (χ0v) is 16.5. The molecule has 8 heteroatoms. The highest BCUT2D eigenvalue weighted by Gasteiger charge is 2.49. The van der Waals surface area contributed by atoms with Crippen LogP contribution in [0.15, 0.2) is 24.3 Å². The molecule has 1 aromatic carbocycles. The molecule has 0 saturated carbocycles. The van der Waals surface area contributed by atoms with Gasteiger partial charge in [0, 0.05) is 13.1 Å². The first-order valence-corrected chi connectivity index (χ1v) is 10.3. The zero-order valence-electron chi connectivity index (χ0n) is 16.5. The SMILES string of the molecule is NC(=O)C1(N2CCCCC2)CCN(C2CC(=O)N(c3ccccc3F)C2=O)CC1. The molecular formula is C21H27FN4O3. The van der Waals surface area contributed by atoms with Crippen LogP contribution in [0.3, 0.4) is 0 Å². The topological polar surface area (TPSA) is 87.0 Å². The summed E-state index contributed by atoms with van der Waals surface area (Å²) in [5.74, 6) is -1.69. The van der Waals surface area contributed by atoms with Crippen molar-refractivity contribution in [3.8, 4) is 0 Å². The van der Waals surface area contributed by atoms with Gasteiger partial charge in [-0.15, -0.1) is 0 Å². The van der Waals surface area contributed by atoms with E-state index in [2.05, 4.69) is 4.90 Å². The van der Waals surface area contributed by atoms with E-state index in [0.29, 0.717) is 25.9 Å². The van der Waals surface area contributed by atoms with Gasteiger partial charge in [0.2, 0.25) is 11.8 Å². The number of para-hydroxylation sites is 1. The zero-order chi connectivity index (χ0) is 20.6. The van der Waals surface area contributed by atoms with E-state index < -0.39 is 29.2 Å². The number of halogens is 1. The van der Waals surface area contributed by atoms with Crippen LogP contribution in [0.5, 0.6) is 0 Å². The van der Waals surface area contributed by atoms with Crippen molar-refractivity contribution in [2.75, 3.05) is 31.1 Å². The van der Waals surface area contributed by atoms with Crippen molar-refractivity contribution >= 4 is 23.4 Å². The van der Waals surface area contributed by atoms with Crippen LogP contribution in [0.25, 0.3) is 0 Å². The first kappa shape index (κ1) is 20.0. The van der Waals surface area contributed by atoms with Gasteiger partial charge in [0.05, 0.1) is 18.2 Å². The molecule has 4 rings (SSSR count). The molecule has 156 valence electrons. The molecule has 3 fully saturated rings. The smallest absolute Gasteiger partial charge is 0.251 e. The summed E-state index contributed by atoms with van der Waals surface area (Å²) >= 11 is 0. The van der Waals surface area contributed by atoms with Gasteiger partial charge in [-0.1, -0.05) is 18.6 Å². The number of piperidine rings is 2. The summed E-state index contributed by atoms with van der Waals surface area (Å²) in [4.78, 5) is 43.0. The van der Waals surface area contributed by atoms with Crippen LogP contribution in [0, 0.1) is 5.82 Å². The van der Waals surface area contributed by atoms with Crippen molar-refractivity contribution in [1.29, 1.82) is 0 Å². The molecule has 7 nitrogen and oxygen atoms in total. The molecule has 2 N–H and O–H groups in total. The molecule has 3 heterocycles. The Morgan fingerprint density at radius 2 is 1.69 bits per heavy atom. The molecule has 29 heavy (non-hydrogen) atoms. The molecule has 3 aliphatic heterocycles. The highest BCUT2D eigenvalue weighted by molar-refractivity contribution is 6.22. The van der Waals surface area contributed by atoms with Gasteiger partial charge in [-0.25, -0.2) is 9.29 Å². The van der Waals surface area contributed by atoms with Gasteiger partial charge < -0.3 is 5.73 Å². The van der Waals surface area contributed by atoms with E-state index >= 15 is 0 Å². The molecule has 1 unspecified atom stereocenters. The van der Waals surface area contributed by atoms with E-state index in [0.717, 1.165) is 30.8 Å². The maximum Gasteiger partial charge on any atom is 0.251 e. The summed E-state index contributed by atoms with van der Waals surface area (Å²) in [7, 11) is 0. The maximum absolute atomic E-state index is 14.1. The molecule has 0 aliphatic carbocycles. The molecule has 1 atom stereocenters. The van der Waals surface area contributed by atoms with Crippen LogP contribution in [-0.4, -0.2) is 65.3 Å². The van der Waals surface area contributed by atoms with Gasteiger partial charge in [0.25, 0.3) is 5.91 Å². The summed E-state index contributed by atoms with van der Waals surface area (Å²) in [6.45, 7) is 2.75. The number of amides is 3. The first-order valence-electron chi connectivity index (χ1n) is 10.3. The Morgan fingerprint density at radius 1 is 1.03 bits per heavy atom. The van der Waals surface area contributed by atoms with Crippen molar-refractivity contribution in [2.24, 2.45) is 5.73 Å². The summed E-state index contributed by atoms with van der Waals surface area (Å²) < 4.78 is 14.1. The normalized spacial score (nSPS) is 26.1. The highest BCUT2D eigenvalue weighted by Crippen LogP contribution is 2.35. The van der Waals surface area contributed by atoms with Crippen molar-refractivity contribution in [2.45, 2.75) is 50.1 Å². The summed E-state index contributed by atoms with van der Waals surface area (Å²) in [5.41, 5.74) is 5.15. The third-order valence-corrected chi connectivity index (χ3v) is 6.70. The van der Waals surface area contributed by atoms with E-state index in [-0.39, 0.29) is 18.0 Å². The molecule has 3 amide bonds. The largest absolute Gasteiger partial charge is 0.368 e. The predicted molar refractivity (Wildman–Crippen MR) is 105 cm³/mol. The number of nitrogens with two attached hydrogens (primary N) is 1. The average Bonchev–Trinajstić information content (AvgIpc) is 3.03. The number of anilines is 1. The summed E-state index contributed by atoms with van der Waals surface area (Å²) in [6.07, 6.45) is 4.40. The van der Waals surface area contributed by atoms with Crippen LogP contribution in [0.4, 0.5) is 10.1 Å². The average molecular weight is 402 g/mol. The van der Waals surface area contributed by atoms with Gasteiger partial charge in [0.1, 0.15) is 11.4 Å². The van der Waals surface area contributed by atoms with Crippen molar-refractivity contribution in [3.05, 3.63) is 30.1 Å². The lowest BCUT2D eigenvalue weighted by molar-refractivity contribution is -0.136. The van der Waals surface area contributed by atoms with Gasteiger partial charge in [0.15, 0.2) is 0 Å². The van der Waals surface area contributed by atoms with Crippen LogP contribution >= 0.6 is 0 Å². The third kappa shape index (κ3) is 3.44. The number of nitrogens with zero attached hydrogens (tertiary/aromatic N) is 3. The number of benzene rings is 1. The molecular weight excluding hydrogens is 375 g/mol. The van der Waals surface area contributed by atoms with E-state index in [9.17, 15) is 18.8 Å². The Labute approximate surface area is 169 Å². The fourth-order valence-corrected chi connectivity index (χ4v) is 5.03. The lowest BCUT2D eigenvalue weighted by Gasteiger charge is -2.48. The maximum atomic E-state index is 14.1. The summed E-state index contributed by atoms with van der Waals surface area (Å²) in [6, 6.07) is 5.19. The number of imide groups is 1. The lowest BCUT2D eigenvalue weighted by atomic mass is 9.83. The van der Waals surface area contributed by atoms with E-state index in [1.807, 2.05) is 4.90 Å². The third-order valence-electron chi connectivity index (χ3n) is 6.70. The van der Waals surface area contributed by atoms with E-state index in [1.54, 1.807) is 6.07 Å². The number of rotatable bonds is 4. The monoisotopic (exact) mass is 402 g/mol. The highest BCUT2D eigenvalue weighted by atomic mass is 19.1. The molecule has 0 spiro atoms. The second-order valence-electron chi connectivity index (χ2n) is 8.22. The van der Waals surface area contributed by atoms with Gasteiger partial charge in [-0.05, 0) is 50.9 Å². The molecule has 3 aliphatic rings. The van der Waals surface area contributed by atoms with Crippen molar-refractivity contribution in [1.82, 2.24) is 9.80 Å². The fourth-order valence-electron chi connectivity index (χ4n) is 5.03. The Morgan fingerprint density at radius 3 is 2.31 bits per heavy atom. The van der Waals surface area contributed by atoms with Gasteiger partial charge >= 0.3 is 0 Å². The predicted octanol–water partition coefficient (Wildman–Crippen LogP) is 1.26. The van der Waals surface area contributed by atoms with Crippen LogP contribution in [0.2, 0.25) is 0 Å². The fraction of sp³-hybridized carbons (Fsp3) is 0.571. The van der Waals surface area contributed by atoms with Gasteiger partial charge in [-0.2, -0.15) is 0 Å². The Kier molecular flexibility index (Phi) is 5.40. The lowest BCUT2D eigenvalue weighted by Crippen LogP contribution is -2.64. The first-order chi connectivity index (χ1) is 13.9. The van der Waals surface area contributed by atoms with E-state index in [4.69, 9.17) is 5.73 Å².